The second kappa shape index (κ2) is 6.80. The molecule has 0 bridgehead atoms. The summed E-state index contributed by atoms with van der Waals surface area (Å²) in [5, 5.41) is 3.51. The van der Waals surface area contributed by atoms with Gasteiger partial charge in [-0.25, -0.2) is 4.98 Å². The Kier molecular flexibility index (Phi) is 4.60. The lowest BCUT2D eigenvalue weighted by molar-refractivity contribution is -0.133. The predicted molar refractivity (Wildman–Crippen MR) is 105 cm³/mol. The summed E-state index contributed by atoms with van der Waals surface area (Å²) in [6.07, 6.45) is 7.71. The fourth-order valence-corrected chi connectivity index (χ4v) is 4.26. The molecule has 0 aromatic carbocycles. The molecule has 1 aliphatic carbocycles. The molecule has 1 atom stereocenters. The van der Waals surface area contributed by atoms with Gasteiger partial charge in [0, 0.05) is 37.8 Å². The van der Waals surface area contributed by atoms with Crippen LogP contribution in [0.4, 0.5) is 5.82 Å². The highest BCUT2D eigenvalue weighted by atomic mass is 16.2. The van der Waals surface area contributed by atoms with Crippen LogP contribution in [0, 0.1) is 5.92 Å². The van der Waals surface area contributed by atoms with Gasteiger partial charge in [0.25, 0.3) is 5.91 Å². The summed E-state index contributed by atoms with van der Waals surface area (Å²) in [6, 6.07) is 2.14. The molecular formula is C21H30N4O2. The van der Waals surface area contributed by atoms with Gasteiger partial charge in [0.15, 0.2) is 0 Å². The topological polar surface area (TPSA) is 65.5 Å². The van der Waals surface area contributed by atoms with Gasteiger partial charge < -0.3 is 15.1 Å². The summed E-state index contributed by atoms with van der Waals surface area (Å²) in [7, 11) is 1.89. The van der Waals surface area contributed by atoms with Crippen LogP contribution in [-0.2, 0) is 11.2 Å². The van der Waals surface area contributed by atoms with Gasteiger partial charge in [0.05, 0.1) is 11.6 Å². The predicted octanol–water partition coefficient (Wildman–Crippen LogP) is 2.69. The molecule has 0 unspecified atom stereocenters. The number of nitrogens with zero attached hydrogens (tertiary/aromatic N) is 3. The maximum absolute atomic E-state index is 13.0. The van der Waals surface area contributed by atoms with Crippen molar-refractivity contribution in [1.82, 2.24) is 14.8 Å². The quantitative estimate of drug-likeness (QED) is 0.888. The highest BCUT2D eigenvalue weighted by Crippen LogP contribution is 2.32. The first-order chi connectivity index (χ1) is 12.8. The van der Waals surface area contributed by atoms with Crippen molar-refractivity contribution in [2.75, 3.05) is 25.5 Å². The van der Waals surface area contributed by atoms with E-state index < -0.39 is 0 Å². The van der Waals surface area contributed by atoms with Gasteiger partial charge in [0.1, 0.15) is 5.82 Å². The van der Waals surface area contributed by atoms with Crippen LogP contribution in [0.25, 0.3) is 0 Å². The summed E-state index contributed by atoms with van der Waals surface area (Å²) in [5.74, 6) is 1.41. The first-order valence-electron chi connectivity index (χ1n) is 10.2. The lowest BCUT2D eigenvalue weighted by atomic mass is 9.98. The van der Waals surface area contributed by atoms with Gasteiger partial charge in [-0.05, 0) is 64.0 Å². The number of carbonyl (C=O) groups excluding carboxylic acids is 2. The van der Waals surface area contributed by atoms with Crippen LogP contribution in [0.2, 0.25) is 0 Å². The minimum absolute atomic E-state index is 0.0311. The number of anilines is 1. The molecule has 3 aliphatic rings. The average Bonchev–Trinajstić information content (AvgIpc) is 3.39. The number of fused-ring (bicyclic) bond motifs is 1. The molecule has 0 spiro atoms. The normalized spacial score (nSPS) is 24.0. The molecule has 1 N–H and O–H groups in total. The highest BCUT2D eigenvalue weighted by Gasteiger charge is 2.37. The van der Waals surface area contributed by atoms with Crippen LogP contribution < -0.4 is 5.32 Å². The van der Waals surface area contributed by atoms with E-state index in [-0.39, 0.29) is 29.3 Å². The molecule has 6 heteroatoms. The molecule has 1 aromatic heterocycles. The lowest BCUT2D eigenvalue weighted by Crippen LogP contribution is -2.40. The summed E-state index contributed by atoms with van der Waals surface area (Å²) in [4.78, 5) is 33.6. The number of amides is 2. The maximum Gasteiger partial charge on any atom is 0.255 e. The number of hydrogen-bond donors (Lipinski definition) is 1. The Balaban J connectivity index is 1.44. The summed E-state index contributed by atoms with van der Waals surface area (Å²) >= 11 is 0. The number of aromatic nitrogens is 1. The van der Waals surface area contributed by atoms with Gasteiger partial charge in [0.2, 0.25) is 5.91 Å². The van der Waals surface area contributed by atoms with Crippen molar-refractivity contribution in [1.29, 1.82) is 0 Å². The minimum Gasteiger partial charge on any atom is -0.365 e. The highest BCUT2D eigenvalue weighted by molar-refractivity contribution is 5.94. The van der Waals surface area contributed by atoms with Gasteiger partial charge in [-0.3, -0.25) is 9.59 Å². The van der Waals surface area contributed by atoms with Crippen molar-refractivity contribution in [3.05, 3.63) is 23.4 Å². The molecule has 27 heavy (non-hydrogen) atoms. The zero-order valence-electron chi connectivity index (χ0n) is 16.6. The number of carbonyl (C=O) groups is 2. The zero-order chi connectivity index (χ0) is 19.2. The van der Waals surface area contributed by atoms with Crippen molar-refractivity contribution in [2.24, 2.45) is 5.92 Å². The molecule has 4 rings (SSSR count). The molecule has 1 aromatic rings. The van der Waals surface area contributed by atoms with Crippen LogP contribution in [0.15, 0.2) is 12.3 Å². The van der Waals surface area contributed by atoms with E-state index in [1.54, 1.807) is 6.20 Å². The van der Waals surface area contributed by atoms with Crippen molar-refractivity contribution in [3.63, 3.8) is 0 Å². The first kappa shape index (κ1) is 18.3. The van der Waals surface area contributed by atoms with Crippen molar-refractivity contribution in [2.45, 2.75) is 64.0 Å². The Hall–Kier alpha value is -2.11. The third-order valence-corrected chi connectivity index (χ3v) is 6.19. The minimum atomic E-state index is 0.0311. The van der Waals surface area contributed by atoms with E-state index >= 15 is 0 Å². The van der Waals surface area contributed by atoms with Crippen LogP contribution in [-0.4, -0.2) is 58.3 Å². The smallest absolute Gasteiger partial charge is 0.255 e. The maximum atomic E-state index is 13.0. The summed E-state index contributed by atoms with van der Waals surface area (Å²) in [6.45, 7) is 5.70. The Labute approximate surface area is 161 Å². The molecule has 2 aliphatic heterocycles. The summed E-state index contributed by atoms with van der Waals surface area (Å²) < 4.78 is 0. The van der Waals surface area contributed by atoms with Crippen molar-refractivity contribution in [3.8, 4) is 0 Å². The van der Waals surface area contributed by atoms with Crippen LogP contribution >= 0.6 is 0 Å². The SMILES string of the molecule is CN(C(=O)C1CC1)[C@H]1CCN(C(=O)c2cnc3c(c2)CCCC(C)(C)N3)C1. The largest absolute Gasteiger partial charge is 0.365 e. The number of likely N-dealkylation sites (tertiary alicyclic amines) is 1. The number of hydrogen-bond acceptors (Lipinski definition) is 4. The Morgan fingerprint density at radius 2 is 2.07 bits per heavy atom. The van der Waals surface area contributed by atoms with Crippen molar-refractivity contribution >= 4 is 17.6 Å². The van der Waals surface area contributed by atoms with E-state index in [0.29, 0.717) is 18.7 Å². The molecule has 6 nitrogen and oxygen atoms in total. The first-order valence-corrected chi connectivity index (χ1v) is 10.2. The second-order valence-corrected chi connectivity index (χ2v) is 9.01. The zero-order valence-corrected chi connectivity index (χ0v) is 16.6. The molecule has 2 fully saturated rings. The summed E-state index contributed by atoms with van der Waals surface area (Å²) in [5.41, 5.74) is 1.82. The lowest BCUT2D eigenvalue weighted by Gasteiger charge is -2.25. The Morgan fingerprint density at radius 1 is 1.30 bits per heavy atom. The van der Waals surface area contributed by atoms with E-state index in [9.17, 15) is 9.59 Å². The number of likely N-dealkylation sites (N-methyl/N-ethyl adjacent to an activating group) is 1. The van der Waals surface area contributed by atoms with E-state index in [2.05, 4.69) is 24.1 Å². The van der Waals surface area contributed by atoms with Crippen LogP contribution in [0.5, 0.6) is 0 Å². The van der Waals surface area contributed by atoms with E-state index in [0.717, 1.165) is 49.9 Å². The fraction of sp³-hybridized carbons (Fsp3) is 0.667. The van der Waals surface area contributed by atoms with Gasteiger partial charge in [-0.1, -0.05) is 0 Å². The molecule has 2 amide bonds. The number of rotatable bonds is 3. The molecule has 146 valence electrons. The number of aryl methyl sites for hydroxylation is 1. The van der Waals surface area contributed by atoms with Gasteiger partial charge in [-0.2, -0.15) is 0 Å². The molecular weight excluding hydrogens is 340 g/mol. The standard InChI is InChI=1S/C21H30N4O2/c1-21(2)9-4-5-15-11-16(12-22-18(15)23-21)20(27)25-10-8-17(13-25)24(3)19(26)14-6-7-14/h11-12,14,17H,4-10,13H2,1-3H3,(H,22,23)/t17-/m0/s1. The second-order valence-electron chi connectivity index (χ2n) is 9.01. The van der Waals surface area contributed by atoms with E-state index in [1.165, 1.54) is 0 Å². The monoisotopic (exact) mass is 370 g/mol. The third kappa shape index (κ3) is 3.80. The molecule has 1 saturated carbocycles. The van der Waals surface area contributed by atoms with Crippen molar-refractivity contribution < 1.29 is 9.59 Å². The van der Waals surface area contributed by atoms with E-state index in [1.807, 2.05) is 22.9 Å². The van der Waals surface area contributed by atoms with Gasteiger partial charge in [-0.15, -0.1) is 0 Å². The van der Waals surface area contributed by atoms with Gasteiger partial charge >= 0.3 is 0 Å². The molecule has 1 saturated heterocycles. The van der Waals surface area contributed by atoms with Crippen LogP contribution in [0.3, 0.4) is 0 Å². The number of pyridine rings is 1. The molecule has 0 radical (unpaired) electrons. The van der Waals surface area contributed by atoms with Crippen LogP contribution in [0.1, 0.15) is 61.9 Å². The Bertz CT molecular complexity index is 757. The number of nitrogens with one attached hydrogen (secondary N) is 1. The molecule has 3 heterocycles. The fourth-order valence-electron chi connectivity index (χ4n) is 4.26. The third-order valence-electron chi connectivity index (χ3n) is 6.19. The average molecular weight is 370 g/mol. The Morgan fingerprint density at radius 3 is 2.81 bits per heavy atom. The van der Waals surface area contributed by atoms with E-state index in [4.69, 9.17) is 0 Å².